The number of carbonyl (C=O) groups excluding carboxylic acids is 2. The van der Waals surface area contributed by atoms with Gasteiger partial charge in [0.15, 0.2) is 0 Å². The normalized spacial score (nSPS) is 17.0. The molecule has 5 nitrogen and oxygen atoms in total. The fraction of sp³-hybridized carbons (Fsp3) is 0.222. The molecular weight excluding hydrogens is 326 g/mol. The van der Waals surface area contributed by atoms with Crippen molar-refractivity contribution in [3.05, 3.63) is 65.2 Å². The summed E-state index contributed by atoms with van der Waals surface area (Å²) in [4.78, 5) is 25.8. The summed E-state index contributed by atoms with van der Waals surface area (Å²) in [7, 11) is 0. The van der Waals surface area contributed by atoms with E-state index < -0.39 is 0 Å². The average molecular weight is 344 g/mol. The molecule has 0 aromatic heterocycles. The van der Waals surface area contributed by atoms with Gasteiger partial charge in [0.05, 0.1) is 6.04 Å². The maximum absolute atomic E-state index is 12.2. The molecule has 1 aliphatic rings. The standard InChI is InChI=1S/C18H18ClN3O2/c19-14-6-8-16(9-7-14)22-12-15(10-17(22)23)21-18(24)20-11-13-4-2-1-3-5-13/h1-9,15H,10-12H2,(H2,20,21,24)/t15-/m0/s1. The molecule has 1 saturated heterocycles. The summed E-state index contributed by atoms with van der Waals surface area (Å²) >= 11 is 5.87. The van der Waals surface area contributed by atoms with Gasteiger partial charge < -0.3 is 15.5 Å². The first-order chi connectivity index (χ1) is 11.6. The molecule has 1 fully saturated rings. The van der Waals surface area contributed by atoms with Crippen LogP contribution in [0.2, 0.25) is 5.02 Å². The molecule has 1 aliphatic heterocycles. The number of halogens is 1. The molecule has 0 bridgehead atoms. The van der Waals surface area contributed by atoms with Gasteiger partial charge in [0.25, 0.3) is 0 Å². The minimum atomic E-state index is -0.269. The Balaban J connectivity index is 1.52. The summed E-state index contributed by atoms with van der Waals surface area (Å²) in [5.74, 6) is -0.00863. The monoisotopic (exact) mass is 343 g/mol. The van der Waals surface area contributed by atoms with Gasteiger partial charge in [-0.1, -0.05) is 41.9 Å². The zero-order valence-electron chi connectivity index (χ0n) is 13.0. The highest BCUT2D eigenvalue weighted by atomic mass is 35.5. The molecule has 2 aromatic carbocycles. The number of carbonyl (C=O) groups is 2. The number of rotatable bonds is 4. The van der Waals surface area contributed by atoms with Gasteiger partial charge in [0.1, 0.15) is 0 Å². The maximum Gasteiger partial charge on any atom is 0.315 e. The Bertz CT molecular complexity index is 719. The Morgan fingerprint density at radius 2 is 1.83 bits per heavy atom. The summed E-state index contributed by atoms with van der Waals surface area (Å²) in [6.07, 6.45) is 0.293. The molecule has 0 aliphatic carbocycles. The lowest BCUT2D eigenvalue weighted by Crippen LogP contribution is -2.43. The van der Waals surface area contributed by atoms with Gasteiger partial charge in [-0.2, -0.15) is 0 Å². The van der Waals surface area contributed by atoms with E-state index in [1.54, 1.807) is 29.2 Å². The Kier molecular flexibility index (Phi) is 5.01. The third kappa shape index (κ3) is 4.06. The largest absolute Gasteiger partial charge is 0.334 e. The number of urea groups is 1. The Morgan fingerprint density at radius 1 is 1.12 bits per heavy atom. The van der Waals surface area contributed by atoms with Crippen LogP contribution in [0.25, 0.3) is 0 Å². The Morgan fingerprint density at radius 3 is 2.54 bits per heavy atom. The number of hydrogen-bond donors (Lipinski definition) is 2. The van der Waals surface area contributed by atoms with Crippen molar-refractivity contribution < 1.29 is 9.59 Å². The quantitative estimate of drug-likeness (QED) is 0.896. The highest BCUT2D eigenvalue weighted by molar-refractivity contribution is 6.30. The number of amides is 3. The molecule has 24 heavy (non-hydrogen) atoms. The van der Waals surface area contributed by atoms with Gasteiger partial charge in [0, 0.05) is 30.2 Å². The summed E-state index contributed by atoms with van der Waals surface area (Å²) in [5, 5.41) is 6.28. The lowest BCUT2D eigenvalue weighted by Gasteiger charge is -2.17. The summed E-state index contributed by atoms with van der Waals surface area (Å²) in [6.45, 7) is 0.910. The first-order valence-corrected chi connectivity index (χ1v) is 8.14. The van der Waals surface area contributed by atoms with E-state index in [9.17, 15) is 9.59 Å². The van der Waals surface area contributed by atoms with Crippen molar-refractivity contribution in [1.82, 2.24) is 10.6 Å². The van der Waals surface area contributed by atoms with Gasteiger partial charge in [-0.25, -0.2) is 4.79 Å². The molecule has 2 N–H and O–H groups in total. The van der Waals surface area contributed by atoms with E-state index in [-0.39, 0.29) is 18.0 Å². The van der Waals surface area contributed by atoms with Crippen LogP contribution < -0.4 is 15.5 Å². The second kappa shape index (κ2) is 7.36. The van der Waals surface area contributed by atoms with E-state index in [4.69, 9.17) is 11.6 Å². The van der Waals surface area contributed by atoms with Crippen LogP contribution in [0, 0.1) is 0 Å². The predicted octanol–water partition coefficient (Wildman–Crippen LogP) is 2.94. The van der Waals surface area contributed by atoms with E-state index in [0.29, 0.717) is 24.5 Å². The van der Waals surface area contributed by atoms with Crippen LogP contribution >= 0.6 is 11.6 Å². The van der Waals surface area contributed by atoms with Crippen molar-refractivity contribution in [2.75, 3.05) is 11.4 Å². The number of benzene rings is 2. The van der Waals surface area contributed by atoms with Crippen LogP contribution in [-0.2, 0) is 11.3 Å². The summed E-state index contributed by atoms with van der Waals surface area (Å²) < 4.78 is 0. The molecule has 0 radical (unpaired) electrons. The van der Waals surface area contributed by atoms with Gasteiger partial charge in [-0.15, -0.1) is 0 Å². The van der Waals surface area contributed by atoms with Gasteiger partial charge >= 0.3 is 6.03 Å². The van der Waals surface area contributed by atoms with E-state index >= 15 is 0 Å². The third-order valence-corrected chi connectivity index (χ3v) is 4.15. The van der Waals surface area contributed by atoms with Crippen molar-refractivity contribution >= 4 is 29.2 Å². The van der Waals surface area contributed by atoms with Crippen LogP contribution in [0.4, 0.5) is 10.5 Å². The summed E-state index contributed by atoms with van der Waals surface area (Å²) in [5.41, 5.74) is 1.82. The third-order valence-electron chi connectivity index (χ3n) is 3.89. The molecule has 1 atom stereocenters. The van der Waals surface area contributed by atoms with Crippen LogP contribution in [0.1, 0.15) is 12.0 Å². The zero-order valence-corrected chi connectivity index (χ0v) is 13.8. The minimum Gasteiger partial charge on any atom is -0.334 e. The second-order valence-electron chi connectivity index (χ2n) is 5.69. The molecule has 2 aromatic rings. The molecule has 0 spiro atoms. The minimum absolute atomic E-state index is 0.00863. The molecule has 124 valence electrons. The molecule has 3 rings (SSSR count). The van der Waals surface area contributed by atoms with E-state index in [1.165, 1.54) is 0 Å². The number of nitrogens with zero attached hydrogens (tertiary/aromatic N) is 1. The Hall–Kier alpha value is -2.53. The topological polar surface area (TPSA) is 61.4 Å². The predicted molar refractivity (Wildman–Crippen MR) is 94.0 cm³/mol. The lowest BCUT2D eigenvalue weighted by molar-refractivity contribution is -0.117. The first-order valence-electron chi connectivity index (χ1n) is 7.76. The number of nitrogens with one attached hydrogen (secondary N) is 2. The summed E-state index contributed by atoms with van der Waals surface area (Å²) in [6, 6.07) is 16.3. The van der Waals surface area contributed by atoms with Crippen LogP contribution in [0.3, 0.4) is 0 Å². The lowest BCUT2D eigenvalue weighted by atomic mass is 10.2. The van der Waals surface area contributed by atoms with Crippen molar-refractivity contribution in [2.24, 2.45) is 0 Å². The van der Waals surface area contributed by atoms with Crippen molar-refractivity contribution in [1.29, 1.82) is 0 Å². The van der Waals surface area contributed by atoms with E-state index in [0.717, 1.165) is 11.3 Å². The van der Waals surface area contributed by atoms with Crippen molar-refractivity contribution in [2.45, 2.75) is 19.0 Å². The SMILES string of the molecule is O=C(NCc1ccccc1)N[C@H]1CC(=O)N(c2ccc(Cl)cc2)C1. The average Bonchev–Trinajstić information content (AvgIpc) is 2.95. The molecule has 3 amide bonds. The van der Waals surface area contributed by atoms with Gasteiger partial charge in [-0.05, 0) is 29.8 Å². The smallest absolute Gasteiger partial charge is 0.315 e. The van der Waals surface area contributed by atoms with Gasteiger partial charge in [-0.3, -0.25) is 4.79 Å². The first kappa shape index (κ1) is 16.3. The van der Waals surface area contributed by atoms with Crippen LogP contribution in [-0.4, -0.2) is 24.5 Å². The molecular formula is C18H18ClN3O2. The van der Waals surface area contributed by atoms with E-state index in [2.05, 4.69) is 10.6 Å². The number of hydrogen-bond acceptors (Lipinski definition) is 2. The van der Waals surface area contributed by atoms with E-state index in [1.807, 2.05) is 30.3 Å². The Labute approximate surface area is 145 Å². The highest BCUT2D eigenvalue weighted by Gasteiger charge is 2.31. The molecule has 1 heterocycles. The van der Waals surface area contributed by atoms with Gasteiger partial charge in [0.2, 0.25) is 5.91 Å². The zero-order chi connectivity index (χ0) is 16.9. The second-order valence-corrected chi connectivity index (χ2v) is 6.13. The van der Waals surface area contributed by atoms with Crippen LogP contribution in [0.15, 0.2) is 54.6 Å². The molecule has 6 heteroatoms. The van der Waals surface area contributed by atoms with Crippen LogP contribution in [0.5, 0.6) is 0 Å². The molecule has 0 saturated carbocycles. The van der Waals surface area contributed by atoms with Crippen molar-refractivity contribution in [3.63, 3.8) is 0 Å². The maximum atomic E-state index is 12.2. The number of anilines is 1. The van der Waals surface area contributed by atoms with Crippen molar-refractivity contribution in [3.8, 4) is 0 Å². The fourth-order valence-electron chi connectivity index (χ4n) is 2.69. The molecule has 0 unspecified atom stereocenters. The highest BCUT2D eigenvalue weighted by Crippen LogP contribution is 2.23. The fourth-order valence-corrected chi connectivity index (χ4v) is 2.82.